The molecule has 0 unspecified atom stereocenters. The molecular formula is C24H21Br2ClN2O2. The number of hydrogen-bond acceptors (Lipinski definition) is 3. The van der Waals surface area contributed by atoms with Crippen LogP contribution in [0.3, 0.4) is 0 Å². The van der Waals surface area contributed by atoms with Gasteiger partial charge in [-0.1, -0.05) is 61.0 Å². The molecule has 0 fully saturated rings. The monoisotopic (exact) mass is 562 g/mol. The highest BCUT2D eigenvalue weighted by molar-refractivity contribution is 9.11. The van der Waals surface area contributed by atoms with Gasteiger partial charge in [-0.05, 0) is 73.2 Å². The molecule has 0 aliphatic heterocycles. The lowest BCUT2D eigenvalue weighted by atomic mass is 10.1. The fraction of sp³-hybridized carbons (Fsp3) is 0.167. The van der Waals surface area contributed by atoms with Gasteiger partial charge in [0.25, 0.3) is 0 Å². The van der Waals surface area contributed by atoms with Crippen LogP contribution in [0.5, 0.6) is 5.75 Å². The zero-order valence-electron chi connectivity index (χ0n) is 16.9. The first-order chi connectivity index (χ1) is 15.0. The van der Waals surface area contributed by atoms with Crippen LogP contribution < -0.4 is 10.2 Å². The van der Waals surface area contributed by atoms with E-state index in [4.69, 9.17) is 16.3 Å². The second-order valence-electron chi connectivity index (χ2n) is 6.83. The Kier molecular flexibility index (Phi) is 8.69. The summed E-state index contributed by atoms with van der Waals surface area (Å²) in [4.78, 5) is 12.1. The van der Waals surface area contributed by atoms with Crippen molar-refractivity contribution in [1.29, 1.82) is 0 Å². The standard InChI is InChI=1S/C24H21Br2ClN2O2/c1-2-16-7-9-17(10-8-16)13-23(30)29-28-14-18-11-20(25)24(21(26)12-18)31-15-19-5-3-4-6-22(19)27/h3-12,14H,2,13,15H2,1H3,(H,29,30)/b28-14+. The van der Waals surface area contributed by atoms with Crippen molar-refractivity contribution in [3.05, 3.63) is 96.9 Å². The molecule has 31 heavy (non-hydrogen) atoms. The van der Waals surface area contributed by atoms with E-state index in [1.807, 2.05) is 60.7 Å². The van der Waals surface area contributed by atoms with Gasteiger partial charge in [-0.3, -0.25) is 4.79 Å². The van der Waals surface area contributed by atoms with Gasteiger partial charge >= 0.3 is 0 Å². The Balaban J connectivity index is 1.58. The second-order valence-corrected chi connectivity index (χ2v) is 8.95. The Morgan fingerprint density at radius 1 is 1.06 bits per heavy atom. The van der Waals surface area contributed by atoms with E-state index in [9.17, 15) is 4.79 Å². The van der Waals surface area contributed by atoms with E-state index in [0.717, 1.165) is 32.1 Å². The predicted molar refractivity (Wildman–Crippen MR) is 133 cm³/mol. The van der Waals surface area contributed by atoms with E-state index < -0.39 is 0 Å². The topological polar surface area (TPSA) is 50.7 Å². The Morgan fingerprint density at radius 3 is 2.35 bits per heavy atom. The molecule has 0 spiro atoms. The van der Waals surface area contributed by atoms with E-state index in [2.05, 4.69) is 49.3 Å². The number of nitrogens with one attached hydrogen (secondary N) is 1. The van der Waals surface area contributed by atoms with E-state index in [0.29, 0.717) is 17.4 Å². The normalized spacial score (nSPS) is 11.0. The quantitative estimate of drug-likeness (QED) is 0.245. The number of rotatable bonds is 8. The van der Waals surface area contributed by atoms with Crippen LogP contribution in [0.2, 0.25) is 5.02 Å². The molecule has 1 amide bonds. The van der Waals surface area contributed by atoms with Crippen LogP contribution in [0.15, 0.2) is 74.7 Å². The van der Waals surface area contributed by atoms with E-state index in [-0.39, 0.29) is 12.3 Å². The first-order valence-corrected chi connectivity index (χ1v) is 11.7. The molecule has 1 N–H and O–H groups in total. The van der Waals surface area contributed by atoms with Gasteiger partial charge in [0.15, 0.2) is 0 Å². The molecule has 4 nitrogen and oxygen atoms in total. The molecule has 0 saturated carbocycles. The third-order valence-electron chi connectivity index (χ3n) is 4.55. The van der Waals surface area contributed by atoms with Crippen molar-refractivity contribution in [2.75, 3.05) is 0 Å². The van der Waals surface area contributed by atoms with Gasteiger partial charge in [0.05, 0.1) is 21.6 Å². The highest BCUT2D eigenvalue weighted by atomic mass is 79.9. The molecule has 0 bridgehead atoms. The van der Waals surface area contributed by atoms with Crippen molar-refractivity contribution >= 4 is 55.6 Å². The van der Waals surface area contributed by atoms with Gasteiger partial charge < -0.3 is 4.74 Å². The first kappa shape index (κ1) is 23.5. The van der Waals surface area contributed by atoms with Crippen molar-refractivity contribution in [3.63, 3.8) is 0 Å². The molecule has 3 aromatic carbocycles. The maximum Gasteiger partial charge on any atom is 0.244 e. The molecular weight excluding hydrogens is 544 g/mol. The molecule has 0 aromatic heterocycles. The van der Waals surface area contributed by atoms with Gasteiger partial charge in [0.1, 0.15) is 12.4 Å². The minimum atomic E-state index is -0.168. The zero-order valence-corrected chi connectivity index (χ0v) is 20.8. The third kappa shape index (κ3) is 6.92. The molecule has 160 valence electrons. The van der Waals surface area contributed by atoms with Gasteiger partial charge in [-0.15, -0.1) is 0 Å². The summed E-state index contributed by atoms with van der Waals surface area (Å²) >= 11 is 13.2. The fourth-order valence-electron chi connectivity index (χ4n) is 2.85. The van der Waals surface area contributed by atoms with E-state index in [1.54, 1.807) is 6.21 Å². The number of nitrogens with zero attached hydrogens (tertiary/aromatic N) is 1. The number of ether oxygens (including phenoxy) is 1. The largest absolute Gasteiger partial charge is 0.486 e. The summed E-state index contributed by atoms with van der Waals surface area (Å²) in [7, 11) is 0. The maximum absolute atomic E-state index is 12.1. The fourth-order valence-corrected chi connectivity index (χ4v) is 4.49. The summed E-state index contributed by atoms with van der Waals surface area (Å²) in [5.74, 6) is 0.495. The minimum absolute atomic E-state index is 0.168. The summed E-state index contributed by atoms with van der Waals surface area (Å²) < 4.78 is 7.45. The summed E-state index contributed by atoms with van der Waals surface area (Å²) in [5.41, 5.74) is 6.48. The molecule has 0 heterocycles. The van der Waals surface area contributed by atoms with Gasteiger partial charge in [-0.2, -0.15) is 5.10 Å². The van der Waals surface area contributed by atoms with Crippen molar-refractivity contribution < 1.29 is 9.53 Å². The number of aryl methyl sites for hydroxylation is 1. The Labute approximate surface area is 203 Å². The molecule has 7 heteroatoms. The van der Waals surface area contributed by atoms with Crippen LogP contribution in [0.1, 0.15) is 29.2 Å². The van der Waals surface area contributed by atoms with E-state index in [1.165, 1.54) is 5.56 Å². The van der Waals surface area contributed by atoms with Crippen molar-refractivity contribution in [2.45, 2.75) is 26.4 Å². The average Bonchev–Trinajstić information content (AvgIpc) is 2.75. The number of carbonyl (C=O) groups is 1. The molecule has 0 radical (unpaired) electrons. The number of amides is 1. The van der Waals surface area contributed by atoms with E-state index >= 15 is 0 Å². The highest BCUT2D eigenvalue weighted by Crippen LogP contribution is 2.35. The van der Waals surface area contributed by atoms with Crippen LogP contribution >= 0.6 is 43.5 Å². The Hall–Kier alpha value is -2.15. The molecule has 3 rings (SSSR count). The number of benzene rings is 3. The lowest BCUT2D eigenvalue weighted by Crippen LogP contribution is -2.19. The Bertz CT molecular complexity index is 1060. The Morgan fingerprint density at radius 2 is 1.71 bits per heavy atom. The second kappa shape index (κ2) is 11.5. The van der Waals surface area contributed by atoms with Gasteiger partial charge in [0, 0.05) is 10.6 Å². The summed E-state index contributed by atoms with van der Waals surface area (Å²) in [6.07, 6.45) is 2.85. The molecule has 0 aliphatic rings. The summed E-state index contributed by atoms with van der Waals surface area (Å²) in [5, 5.41) is 4.73. The van der Waals surface area contributed by atoms with Crippen LogP contribution in [-0.2, 0) is 24.2 Å². The number of carbonyl (C=O) groups excluding carboxylic acids is 1. The van der Waals surface area contributed by atoms with Crippen LogP contribution in [0.25, 0.3) is 0 Å². The number of hydrogen-bond donors (Lipinski definition) is 1. The van der Waals surface area contributed by atoms with Gasteiger partial charge in [0.2, 0.25) is 5.91 Å². The van der Waals surface area contributed by atoms with Crippen molar-refractivity contribution in [1.82, 2.24) is 5.43 Å². The molecule has 0 atom stereocenters. The number of hydrazone groups is 1. The first-order valence-electron chi connectivity index (χ1n) is 9.71. The van der Waals surface area contributed by atoms with Gasteiger partial charge in [-0.25, -0.2) is 5.43 Å². The third-order valence-corrected chi connectivity index (χ3v) is 6.10. The highest BCUT2D eigenvalue weighted by Gasteiger charge is 2.10. The van der Waals surface area contributed by atoms with Crippen LogP contribution in [0, 0.1) is 0 Å². The summed E-state index contributed by atoms with van der Waals surface area (Å²) in [6, 6.07) is 19.3. The van der Waals surface area contributed by atoms with Crippen molar-refractivity contribution in [3.8, 4) is 5.75 Å². The minimum Gasteiger partial charge on any atom is -0.486 e. The SMILES string of the molecule is CCc1ccc(CC(=O)N/N=C/c2cc(Br)c(OCc3ccccc3Cl)c(Br)c2)cc1. The predicted octanol–water partition coefficient (Wildman–Crippen LogP) is 6.70. The lowest BCUT2D eigenvalue weighted by Gasteiger charge is -2.12. The molecule has 0 aliphatic carbocycles. The average molecular weight is 565 g/mol. The lowest BCUT2D eigenvalue weighted by molar-refractivity contribution is -0.120. The number of halogens is 3. The van der Waals surface area contributed by atoms with Crippen LogP contribution in [-0.4, -0.2) is 12.1 Å². The van der Waals surface area contributed by atoms with Crippen molar-refractivity contribution in [2.24, 2.45) is 5.10 Å². The molecule has 3 aromatic rings. The van der Waals surface area contributed by atoms with Crippen LogP contribution in [0.4, 0.5) is 0 Å². The maximum atomic E-state index is 12.1. The smallest absolute Gasteiger partial charge is 0.244 e. The molecule has 0 saturated heterocycles. The zero-order chi connectivity index (χ0) is 22.2. The summed E-state index contributed by atoms with van der Waals surface area (Å²) in [6.45, 7) is 2.45.